The number of para-hydroxylation sites is 1. The van der Waals surface area contributed by atoms with E-state index in [0.29, 0.717) is 23.1 Å². The van der Waals surface area contributed by atoms with Gasteiger partial charge in [0.1, 0.15) is 12.4 Å². The summed E-state index contributed by atoms with van der Waals surface area (Å²) < 4.78 is 10.8. The second-order valence-electron chi connectivity index (χ2n) is 7.15. The monoisotopic (exact) mass is 466 g/mol. The highest BCUT2D eigenvalue weighted by Crippen LogP contribution is 2.20. The van der Waals surface area contributed by atoms with E-state index in [-0.39, 0.29) is 12.1 Å². The van der Waals surface area contributed by atoms with Crippen LogP contribution in [0, 0.1) is 0 Å². The van der Waals surface area contributed by atoms with Gasteiger partial charge in [-0.2, -0.15) is 0 Å². The molecule has 0 aliphatic heterocycles. The predicted octanol–water partition coefficient (Wildman–Crippen LogP) is 4.17. The van der Waals surface area contributed by atoms with Crippen molar-refractivity contribution in [1.82, 2.24) is 4.90 Å². The van der Waals surface area contributed by atoms with Gasteiger partial charge in [-0.3, -0.25) is 9.59 Å². The molecule has 2 amide bonds. The molecule has 7 nitrogen and oxygen atoms in total. The molecular weight excluding hydrogens is 444 g/mol. The summed E-state index contributed by atoms with van der Waals surface area (Å²) in [7, 11) is 1.45. The number of likely N-dealkylation sites (N-methyl/N-ethyl adjacent to an activating group) is 1. The number of amides is 2. The molecule has 0 aliphatic carbocycles. The number of ether oxygens (including phenoxy) is 2. The van der Waals surface area contributed by atoms with Gasteiger partial charge in [0.05, 0.1) is 22.8 Å². The van der Waals surface area contributed by atoms with Gasteiger partial charge >= 0.3 is 5.97 Å². The van der Waals surface area contributed by atoms with E-state index in [1.807, 2.05) is 30.3 Å². The number of benzene rings is 3. The van der Waals surface area contributed by atoms with Crippen molar-refractivity contribution in [3.63, 3.8) is 0 Å². The van der Waals surface area contributed by atoms with Gasteiger partial charge in [0.15, 0.2) is 6.61 Å². The van der Waals surface area contributed by atoms with Gasteiger partial charge in [0.25, 0.3) is 5.91 Å². The minimum absolute atomic E-state index is 0.213. The number of nitrogens with one attached hydrogen (secondary N) is 1. The van der Waals surface area contributed by atoms with Crippen LogP contribution in [-0.4, -0.2) is 42.9 Å². The summed E-state index contributed by atoms with van der Waals surface area (Å²) in [5, 5.41) is 3.02. The van der Waals surface area contributed by atoms with E-state index in [2.05, 4.69) is 5.32 Å². The van der Waals surface area contributed by atoms with Gasteiger partial charge in [-0.05, 0) is 42.0 Å². The summed E-state index contributed by atoms with van der Waals surface area (Å²) in [6.45, 7) is -0.286. The Morgan fingerprint density at radius 1 is 0.909 bits per heavy atom. The average molecular weight is 467 g/mol. The Morgan fingerprint density at radius 3 is 2.27 bits per heavy atom. The number of esters is 1. The molecule has 8 heteroatoms. The van der Waals surface area contributed by atoms with Crippen molar-refractivity contribution in [2.45, 2.75) is 6.61 Å². The van der Waals surface area contributed by atoms with Crippen LogP contribution < -0.4 is 10.1 Å². The fourth-order valence-electron chi connectivity index (χ4n) is 2.80. The summed E-state index contributed by atoms with van der Waals surface area (Å²) in [5.41, 5.74) is 1.77. The summed E-state index contributed by atoms with van der Waals surface area (Å²) in [6, 6.07) is 22.9. The van der Waals surface area contributed by atoms with Gasteiger partial charge in [-0.15, -0.1) is 0 Å². The lowest BCUT2D eigenvalue weighted by atomic mass is 10.2. The molecule has 1 N–H and O–H groups in total. The Balaban J connectivity index is 1.43. The Morgan fingerprint density at radius 2 is 1.58 bits per heavy atom. The van der Waals surface area contributed by atoms with Crippen molar-refractivity contribution in [2.75, 3.05) is 25.5 Å². The Bertz CT molecular complexity index is 1100. The van der Waals surface area contributed by atoms with Crippen molar-refractivity contribution in [1.29, 1.82) is 0 Å². The van der Waals surface area contributed by atoms with Crippen molar-refractivity contribution in [2.24, 2.45) is 0 Å². The molecule has 0 unspecified atom stereocenters. The van der Waals surface area contributed by atoms with Crippen LogP contribution in [0.3, 0.4) is 0 Å². The molecule has 0 bridgehead atoms. The van der Waals surface area contributed by atoms with Crippen LogP contribution in [0.25, 0.3) is 0 Å². The Labute approximate surface area is 196 Å². The minimum atomic E-state index is -0.646. The van der Waals surface area contributed by atoms with Gasteiger partial charge in [-0.25, -0.2) is 4.79 Å². The first-order valence-corrected chi connectivity index (χ1v) is 10.5. The molecule has 3 aromatic carbocycles. The van der Waals surface area contributed by atoms with E-state index in [0.717, 1.165) is 5.56 Å². The molecule has 3 rings (SSSR count). The largest absolute Gasteiger partial charge is 0.489 e. The van der Waals surface area contributed by atoms with Crippen LogP contribution in [0.4, 0.5) is 5.69 Å². The number of carbonyl (C=O) groups is 3. The first kappa shape index (κ1) is 23.8. The predicted molar refractivity (Wildman–Crippen MR) is 125 cm³/mol. The number of rotatable bonds is 9. The molecule has 0 saturated heterocycles. The van der Waals surface area contributed by atoms with Crippen LogP contribution in [-0.2, 0) is 20.9 Å². The highest BCUT2D eigenvalue weighted by molar-refractivity contribution is 6.33. The number of anilines is 1. The minimum Gasteiger partial charge on any atom is -0.489 e. The van der Waals surface area contributed by atoms with Crippen molar-refractivity contribution in [3.05, 3.63) is 95.0 Å². The zero-order chi connectivity index (χ0) is 23.6. The molecular formula is C25H23ClN2O5. The maximum Gasteiger partial charge on any atom is 0.338 e. The summed E-state index contributed by atoms with van der Waals surface area (Å²) in [5.74, 6) is -0.973. The Kier molecular flexibility index (Phi) is 8.43. The van der Waals surface area contributed by atoms with Crippen LogP contribution >= 0.6 is 11.6 Å². The standard InChI is InChI=1S/C25H23ClN2O5/c1-28(15-23(29)27-22-10-6-5-9-21(22)26)24(30)17-33-25(31)19-11-13-20(14-12-19)32-16-18-7-3-2-4-8-18/h2-14H,15-17H2,1H3,(H,27,29). The molecule has 0 heterocycles. The third-order valence-corrected chi connectivity index (χ3v) is 4.95. The molecule has 0 fully saturated rings. The normalized spacial score (nSPS) is 10.2. The van der Waals surface area contributed by atoms with Crippen molar-refractivity contribution in [3.8, 4) is 5.75 Å². The van der Waals surface area contributed by atoms with Crippen LogP contribution in [0.15, 0.2) is 78.9 Å². The van der Waals surface area contributed by atoms with Crippen LogP contribution in [0.1, 0.15) is 15.9 Å². The summed E-state index contributed by atoms with van der Waals surface area (Å²) in [6.07, 6.45) is 0. The fraction of sp³-hybridized carbons (Fsp3) is 0.160. The first-order valence-electron chi connectivity index (χ1n) is 10.1. The van der Waals surface area contributed by atoms with E-state index in [9.17, 15) is 14.4 Å². The molecule has 3 aromatic rings. The van der Waals surface area contributed by atoms with Gasteiger partial charge in [0.2, 0.25) is 5.91 Å². The molecule has 0 atom stereocenters. The highest BCUT2D eigenvalue weighted by atomic mass is 35.5. The molecule has 0 aromatic heterocycles. The topological polar surface area (TPSA) is 84.9 Å². The van der Waals surface area contributed by atoms with Gasteiger partial charge in [-0.1, -0.05) is 54.1 Å². The van der Waals surface area contributed by atoms with Crippen LogP contribution in [0.2, 0.25) is 5.02 Å². The molecule has 170 valence electrons. The average Bonchev–Trinajstić information content (AvgIpc) is 2.83. The quantitative estimate of drug-likeness (QED) is 0.478. The van der Waals surface area contributed by atoms with E-state index >= 15 is 0 Å². The lowest BCUT2D eigenvalue weighted by molar-refractivity contribution is -0.136. The maximum absolute atomic E-state index is 12.2. The van der Waals surface area contributed by atoms with Crippen molar-refractivity contribution < 1.29 is 23.9 Å². The number of nitrogens with zero attached hydrogens (tertiary/aromatic N) is 1. The van der Waals surface area contributed by atoms with Crippen molar-refractivity contribution >= 4 is 35.1 Å². The number of halogens is 1. The molecule has 0 spiro atoms. The van der Waals surface area contributed by atoms with Gasteiger partial charge < -0.3 is 19.7 Å². The van der Waals surface area contributed by atoms with E-state index < -0.39 is 24.4 Å². The van der Waals surface area contributed by atoms with E-state index in [4.69, 9.17) is 21.1 Å². The molecule has 0 radical (unpaired) electrons. The van der Waals surface area contributed by atoms with Gasteiger partial charge in [0, 0.05) is 7.05 Å². The molecule has 0 aliphatic rings. The lowest BCUT2D eigenvalue weighted by Crippen LogP contribution is -2.37. The molecule has 33 heavy (non-hydrogen) atoms. The third-order valence-electron chi connectivity index (χ3n) is 4.62. The zero-order valence-corrected chi connectivity index (χ0v) is 18.7. The second-order valence-corrected chi connectivity index (χ2v) is 7.56. The second kappa shape index (κ2) is 11.7. The molecule has 0 saturated carbocycles. The Hall–Kier alpha value is -3.84. The highest BCUT2D eigenvalue weighted by Gasteiger charge is 2.16. The fourth-order valence-corrected chi connectivity index (χ4v) is 2.99. The van der Waals surface area contributed by atoms with E-state index in [1.165, 1.54) is 11.9 Å². The summed E-state index contributed by atoms with van der Waals surface area (Å²) >= 11 is 6.00. The smallest absolute Gasteiger partial charge is 0.338 e. The van der Waals surface area contributed by atoms with Crippen LogP contribution in [0.5, 0.6) is 5.75 Å². The first-order chi connectivity index (χ1) is 15.9. The number of hydrogen-bond acceptors (Lipinski definition) is 5. The SMILES string of the molecule is CN(CC(=O)Nc1ccccc1Cl)C(=O)COC(=O)c1ccc(OCc2ccccc2)cc1. The summed E-state index contributed by atoms with van der Waals surface area (Å²) in [4.78, 5) is 37.8. The van der Waals surface area contributed by atoms with E-state index in [1.54, 1.807) is 48.5 Å². The lowest BCUT2D eigenvalue weighted by Gasteiger charge is -2.17. The third kappa shape index (κ3) is 7.36. The number of hydrogen-bond donors (Lipinski definition) is 1. The maximum atomic E-state index is 12.2. The number of carbonyl (C=O) groups excluding carboxylic acids is 3. The zero-order valence-electron chi connectivity index (χ0n) is 18.0.